The normalized spacial score (nSPS) is 12.1. The third-order valence-electron chi connectivity index (χ3n) is 2.78. The van der Waals surface area contributed by atoms with Crippen LogP contribution in [0, 0.1) is 0 Å². The molecule has 0 radical (unpaired) electrons. The molecule has 2 aromatic rings. The van der Waals surface area contributed by atoms with E-state index in [-0.39, 0.29) is 6.04 Å². The zero-order valence-corrected chi connectivity index (χ0v) is 9.43. The van der Waals surface area contributed by atoms with Gasteiger partial charge in [-0.3, -0.25) is 4.98 Å². The molecule has 2 rings (SSSR count). The van der Waals surface area contributed by atoms with Crippen molar-refractivity contribution in [1.29, 1.82) is 0 Å². The van der Waals surface area contributed by atoms with Crippen molar-refractivity contribution in [3.8, 4) is 0 Å². The zero-order chi connectivity index (χ0) is 11.4. The number of rotatable bonds is 3. The maximum absolute atomic E-state index is 6.23. The van der Waals surface area contributed by atoms with Gasteiger partial charge in [0.25, 0.3) is 0 Å². The van der Waals surface area contributed by atoms with Crippen molar-refractivity contribution in [1.82, 2.24) is 4.98 Å². The monoisotopic (exact) mass is 210 g/mol. The summed E-state index contributed by atoms with van der Waals surface area (Å²) >= 11 is 0. The van der Waals surface area contributed by atoms with E-state index in [1.165, 1.54) is 11.0 Å². The van der Waals surface area contributed by atoms with E-state index >= 15 is 0 Å². The highest BCUT2D eigenvalue weighted by Gasteiger charge is 2.12. The van der Waals surface area contributed by atoms with Crippen molar-refractivity contribution >= 4 is 12.7 Å². The molecule has 80 valence electrons. The van der Waals surface area contributed by atoms with Crippen LogP contribution in [0.1, 0.15) is 17.3 Å². The molecule has 0 spiro atoms. The van der Waals surface area contributed by atoms with Crippen LogP contribution in [0.3, 0.4) is 0 Å². The average Bonchev–Trinajstić information content (AvgIpc) is 2.39. The fourth-order valence-corrected chi connectivity index (χ4v) is 1.88. The molecule has 1 unspecified atom stereocenters. The summed E-state index contributed by atoms with van der Waals surface area (Å²) in [7, 11) is 0.997. The molecule has 0 fully saturated rings. The van der Waals surface area contributed by atoms with Crippen molar-refractivity contribution in [3.05, 3.63) is 59.9 Å². The fraction of sp³-hybridized carbons (Fsp3) is 0.154. The highest BCUT2D eigenvalue weighted by molar-refractivity contribution is 6.52. The highest BCUT2D eigenvalue weighted by Crippen LogP contribution is 2.15. The average molecular weight is 210 g/mol. The Morgan fingerprint density at radius 1 is 1.12 bits per heavy atom. The second-order valence-electron chi connectivity index (χ2n) is 3.78. The molecule has 0 saturated heterocycles. The molecule has 0 saturated carbocycles. The topological polar surface area (TPSA) is 38.9 Å². The molecule has 0 aliphatic heterocycles. The second-order valence-corrected chi connectivity index (χ2v) is 3.78. The summed E-state index contributed by atoms with van der Waals surface area (Å²) in [6.07, 6.45) is 1.78. The van der Waals surface area contributed by atoms with Gasteiger partial charge in [-0.25, -0.2) is 0 Å². The van der Waals surface area contributed by atoms with Crippen LogP contribution in [0.15, 0.2) is 48.7 Å². The second kappa shape index (κ2) is 4.95. The molecular formula is C13H15BN2. The molecule has 16 heavy (non-hydrogen) atoms. The first-order chi connectivity index (χ1) is 7.83. The third-order valence-corrected chi connectivity index (χ3v) is 2.78. The lowest BCUT2D eigenvalue weighted by molar-refractivity contribution is 0.834. The van der Waals surface area contributed by atoms with E-state index < -0.39 is 0 Å². The van der Waals surface area contributed by atoms with Crippen LogP contribution >= 0.6 is 0 Å². The molecule has 1 aromatic carbocycles. The molecule has 2 N–H and O–H groups in total. The largest absolute Gasteiger partial charge is 0.319 e. The van der Waals surface area contributed by atoms with Crippen LogP contribution in [0.2, 0.25) is 6.82 Å². The quantitative estimate of drug-likeness (QED) is 0.774. The van der Waals surface area contributed by atoms with E-state index in [4.69, 9.17) is 5.73 Å². The first-order valence-corrected chi connectivity index (χ1v) is 5.57. The minimum absolute atomic E-state index is 0.127. The van der Waals surface area contributed by atoms with Gasteiger partial charge in [0.1, 0.15) is 0 Å². The number of pyridine rings is 1. The van der Waals surface area contributed by atoms with E-state index in [0.29, 0.717) is 0 Å². The van der Waals surface area contributed by atoms with Crippen molar-refractivity contribution in [2.24, 2.45) is 5.73 Å². The Morgan fingerprint density at radius 3 is 2.56 bits per heavy atom. The number of aromatic nitrogens is 1. The number of nitrogens with zero attached hydrogens (tertiary/aromatic N) is 1. The molecular weight excluding hydrogens is 195 g/mol. The first kappa shape index (κ1) is 10.9. The van der Waals surface area contributed by atoms with Gasteiger partial charge in [0.05, 0.1) is 11.7 Å². The molecule has 1 heterocycles. The number of hydrogen-bond acceptors (Lipinski definition) is 2. The van der Waals surface area contributed by atoms with Gasteiger partial charge in [-0.1, -0.05) is 42.6 Å². The van der Waals surface area contributed by atoms with E-state index in [9.17, 15) is 0 Å². The predicted octanol–water partition coefficient (Wildman–Crippen LogP) is 1.24. The Balaban J connectivity index is 2.37. The van der Waals surface area contributed by atoms with E-state index in [1.807, 2.05) is 30.3 Å². The van der Waals surface area contributed by atoms with Gasteiger partial charge < -0.3 is 5.73 Å². The summed E-state index contributed by atoms with van der Waals surface area (Å²) in [6.45, 7) is 2.14. The lowest BCUT2D eigenvalue weighted by Crippen LogP contribution is -2.24. The number of nitrogens with two attached hydrogens (primary N) is 1. The predicted molar refractivity (Wildman–Crippen MR) is 69.4 cm³/mol. The summed E-state index contributed by atoms with van der Waals surface area (Å²) in [5.74, 6) is 0. The SMILES string of the molecule is CBc1ccccc1C(N)c1ccccn1. The van der Waals surface area contributed by atoms with Crippen LogP contribution in [0.25, 0.3) is 0 Å². The highest BCUT2D eigenvalue weighted by atomic mass is 14.8. The van der Waals surface area contributed by atoms with Crippen molar-refractivity contribution in [3.63, 3.8) is 0 Å². The van der Waals surface area contributed by atoms with Gasteiger partial charge in [-0.2, -0.15) is 0 Å². The smallest absolute Gasteiger partial charge is 0.155 e. The standard InChI is InChI=1S/C13H15BN2/c1-14-11-7-3-2-6-10(11)13(15)12-8-4-5-9-16-12/h2-9,13-14H,15H2,1H3. The van der Waals surface area contributed by atoms with Crippen LogP contribution in [-0.4, -0.2) is 12.3 Å². The molecule has 1 aromatic heterocycles. The van der Waals surface area contributed by atoms with Gasteiger partial charge in [0.2, 0.25) is 0 Å². The molecule has 3 heteroatoms. The molecule has 0 amide bonds. The van der Waals surface area contributed by atoms with Gasteiger partial charge in [-0.05, 0) is 17.7 Å². The number of benzene rings is 1. The van der Waals surface area contributed by atoms with Crippen molar-refractivity contribution < 1.29 is 0 Å². The Morgan fingerprint density at radius 2 is 1.88 bits per heavy atom. The maximum atomic E-state index is 6.23. The molecule has 2 nitrogen and oxygen atoms in total. The minimum Gasteiger partial charge on any atom is -0.319 e. The van der Waals surface area contributed by atoms with Gasteiger partial charge in [0.15, 0.2) is 7.28 Å². The van der Waals surface area contributed by atoms with E-state index in [2.05, 4.69) is 23.9 Å². The Kier molecular flexibility index (Phi) is 3.37. The molecule has 0 aliphatic rings. The molecule has 0 bridgehead atoms. The summed E-state index contributed by atoms with van der Waals surface area (Å²) < 4.78 is 0. The van der Waals surface area contributed by atoms with E-state index in [0.717, 1.165) is 13.0 Å². The summed E-state index contributed by atoms with van der Waals surface area (Å²) in [5, 5.41) is 0. The Labute approximate surface area is 96.8 Å². The summed E-state index contributed by atoms with van der Waals surface area (Å²) in [4.78, 5) is 4.31. The van der Waals surface area contributed by atoms with Crippen molar-refractivity contribution in [2.75, 3.05) is 0 Å². The number of hydrogen-bond donors (Lipinski definition) is 1. The fourth-order valence-electron chi connectivity index (χ4n) is 1.88. The van der Waals surface area contributed by atoms with Gasteiger partial charge in [0, 0.05) is 6.20 Å². The van der Waals surface area contributed by atoms with Gasteiger partial charge in [-0.15, -0.1) is 0 Å². The maximum Gasteiger partial charge on any atom is 0.155 e. The lowest BCUT2D eigenvalue weighted by Gasteiger charge is -2.15. The van der Waals surface area contributed by atoms with Crippen molar-refractivity contribution in [2.45, 2.75) is 12.9 Å². The Hall–Kier alpha value is -1.61. The van der Waals surface area contributed by atoms with E-state index in [1.54, 1.807) is 6.20 Å². The van der Waals surface area contributed by atoms with Crippen LogP contribution in [0.5, 0.6) is 0 Å². The zero-order valence-electron chi connectivity index (χ0n) is 9.43. The Bertz CT molecular complexity index is 456. The van der Waals surface area contributed by atoms with Crippen LogP contribution < -0.4 is 11.2 Å². The summed E-state index contributed by atoms with van der Waals surface area (Å²) in [5.41, 5.74) is 9.61. The minimum atomic E-state index is -0.127. The van der Waals surface area contributed by atoms with Gasteiger partial charge >= 0.3 is 0 Å². The molecule has 0 aliphatic carbocycles. The molecule has 1 atom stereocenters. The lowest BCUT2D eigenvalue weighted by atomic mass is 9.69. The van der Waals surface area contributed by atoms with Crippen LogP contribution in [0.4, 0.5) is 0 Å². The third kappa shape index (κ3) is 2.14. The summed E-state index contributed by atoms with van der Waals surface area (Å²) in [6, 6.07) is 14.0. The first-order valence-electron chi connectivity index (χ1n) is 5.57. The van der Waals surface area contributed by atoms with Crippen LogP contribution in [-0.2, 0) is 0 Å².